The van der Waals surface area contributed by atoms with Crippen LogP contribution < -0.4 is 0 Å². The second-order valence-electron chi connectivity index (χ2n) is 11.7. The molecule has 3 nitrogen and oxygen atoms in total. The van der Waals surface area contributed by atoms with Crippen LogP contribution in [0.3, 0.4) is 0 Å². The molecule has 0 unspecified atom stereocenters. The predicted octanol–water partition coefficient (Wildman–Crippen LogP) is 10.9. The van der Waals surface area contributed by atoms with Gasteiger partial charge in [-0.3, -0.25) is 4.57 Å². The molecule has 0 bridgehead atoms. The van der Waals surface area contributed by atoms with Crippen molar-refractivity contribution in [3.63, 3.8) is 0 Å². The second kappa shape index (κ2) is 9.22. The monoisotopic (exact) mass is 571 g/mol. The average Bonchev–Trinajstić information content (AvgIpc) is 3.38. The molecule has 0 saturated carbocycles. The van der Waals surface area contributed by atoms with Crippen LogP contribution in [0.25, 0.3) is 94.1 Å². The van der Waals surface area contributed by atoms with E-state index in [0.29, 0.717) is 0 Å². The van der Waals surface area contributed by atoms with Crippen molar-refractivity contribution in [2.24, 2.45) is 0 Å². The van der Waals surface area contributed by atoms with Crippen LogP contribution >= 0.6 is 0 Å². The van der Waals surface area contributed by atoms with Gasteiger partial charge in [0.05, 0.1) is 22.1 Å². The Kier molecular flexibility index (Phi) is 5.00. The fourth-order valence-electron chi connectivity index (χ4n) is 7.46. The van der Waals surface area contributed by atoms with Crippen LogP contribution in [-0.4, -0.2) is 14.5 Å². The molecule has 3 heteroatoms. The van der Waals surface area contributed by atoms with E-state index >= 15 is 0 Å². The van der Waals surface area contributed by atoms with Crippen LogP contribution in [0.4, 0.5) is 0 Å². The van der Waals surface area contributed by atoms with Crippen LogP contribution in [0.5, 0.6) is 0 Å². The standard InChI is InChI=1S/C42H25N3/c1-2-12-27(13-3-1)41-42(44-35-22-8-7-21-34(35)43-41)45-36-23-9-6-18-33(36)40-37(45)25-24-32-31-20-11-15-26-14-10-19-29(38(26)31)28-16-4-5-17-30(28)39(32)40/h1-25H. The van der Waals surface area contributed by atoms with Gasteiger partial charge in [-0.15, -0.1) is 0 Å². The molecule has 1 aliphatic carbocycles. The lowest BCUT2D eigenvalue weighted by atomic mass is 9.90. The van der Waals surface area contributed by atoms with Gasteiger partial charge in [-0.2, -0.15) is 0 Å². The fraction of sp³-hybridized carbons (Fsp3) is 0. The van der Waals surface area contributed by atoms with E-state index in [0.717, 1.165) is 39.1 Å². The van der Waals surface area contributed by atoms with Crippen molar-refractivity contribution in [1.29, 1.82) is 0 Å². The van der Waals surface area contributed by atoms with E-state index in [1.807, 2.05) is 24.3 Å². The maximum Gasteiger partial charge on any atom is 0.165 e. The molecule has 10 rings (SSSR count). The molecule has 0 amide bonds. The normalized spacial score (nSPS) is 12.0. The highest BCUT2D eigenvalue weighted by Gasteiger charge is 2.27. The number of para-hydroxylation sites is 3. The van der Waals surface area contributed by atoms with Gasteiger partial charge in [0.15, 0.2) is 5.82 Å². The molecule has 1 aliphatic rings. The summed E-state index contributed by atoms with van der Waals surface area (Å²) in [5, 5.41) is 5.00. The van der Waals surface area contributed by atoms with Crippen LogP contribution in [0.15, 0.2) is 152 Å². The fourth-order valence-corrected chi connectivity index (χ4v) is 7.46. The van der Waals surface area contributed by atoms with Crippen molar-refractivity contribution in [2.45, 2.75) is 0 Å². The summed E-state index contributed by atoms with van der Waals surface area (Å²) in [6.07, 6.45) is 0. The minimum Gasteiger partial charge on any atom is -0.292 e. The predicted molar refractivity (Wildman–Crippen MR) is 187 cm³/mol. The Morgan fingerprint density at radius 2 is 1.04 bits per heavy atom. The molecule has 9 aromatic rings. The molecule has 0 N–H and O–H groups in total. The van der Waals surface area contributed by atoms with Crippen molar-refractivity contribution in [2.75, 3.05) is 0 Å². The Morgan fingerprint density at radius 1 is 0.400 bits per heavy atom. The minimum absolute atomic E-state index is 0.832. The van der Waals surface area contributed by atoms with Crippen LogP contribution in [0.1, 0.15) is 0 Å². The SMILES string of the molecule is c1ccc(-c2nc3ccccc3nc2-n2c3ccccc3c3c4c(ccc32)-c2cccc3cccc(c23)-c2ccccc2-4)cc1. The Morgan fingerprint density at radius 3 is 1.87 bits per heavy atom. The summed E-state index contributed by atoms with van der Waals surface area (Å²) in [6, 6.07) is 54.2. The molecule has 208 valence electrons. The Labute approximate surface area is 259 Å². The molecule has 7 aromatic carbocycles. The lowest BCUT2D eigenvalue weighted by Gasteiger charge is -2.15. The number of fused-ring (bicyclic) bond motifs is 10. The zero-order chi connectivity index (χ0) is 29.5. The maximum absolute atomic E-state index is 5.33. The molecule has 0 aliphatic heterocycles. The van der Waals surface area contributed by atoms with E-state index in [1.54, 1.807) is 0 Å². The van der Waals surface area contributed by atoms with Gasteiger partial charge in [-0.25, -0.2) is 9.97 Å². The first-order valence-corrected chi connectivity index (χ1v) is 15.4. The van der Waals surface area contributed by atoms with Gasteiger partial charge < -0.3 is 0 Å². The Balaban J connectivity index is 1.40. The van der Waals surface area contributed by atoms with Crippen LogP contribution in [-0.2, 0) is 0 Å². The van der Waals surface area contributed by atoms with E-state index in [-0.39, 0.29) is 0 Å². The van der Waals surface area contributed by atoms with E-state index in [1.165, 1.54) is 54.9 Å². The third-order valence-corrected chi connectivity index (χ3v) is 9.33. The summed E-state index contributed by atoms with van der Waals surface area (Å²) < 4.78 is 2.33. The van der Waals surface area contributed by atoms with Crippen LogP contribution in [0.2, 0.25) is 0 Å². The first-order chi connectivity index (χ1) is 22.3. The lowest BCUT2D eigenvalue weighted by molar-refractivity contribution is 1.08. The quantitative estimate of drug-likeness (QED) is 0.207. The molecule has 0 saturated heterocycles. The van der Waals surface area contributed by atoms with Crippen LogP contribution in [0, 0.1) is 0 Å². The van der Waals surface area contributed by atoms with E-state index < -0.39 is 0 Å². The van der Waals surface area contributed by atoms with Crippen molar-refractivity contribution in [3.05, 3.63) is 152 Å². The summed E-state index contributed by atoms with van der Waals surface area (Å²) in [6.45, 7) is 0. The second-order valence-corrected chi connectivity index (χ2v) is 11.7. The highest BCUT2D eigenvalue weighted by molar-refractivity contribution is 6.23. The van der Waals surface area contributed by atoms with Gasteiger partial charge in [0.25, 0.3) is 0 Å². The molecular formula is C42H25N3. The van der Waals surface area contributed by atoms with E-state index in [4.69, 9.17) is 9.97 Å². The number of hydrogen-bond donors (Lipinski definition) is 0. The van der Waals surface area contributed by atoms with Crippen molar-refractivity contribution in [3.8, 4) is 50.5 Å². The maximum atomic E-state index is 5.33. The molecular weight excluding hydrogens is 546 g/mol. The molecule has 2 heterocycles. The zero-order valence-corrected chi connectivity index (χ0v) is 24.3. The minimum atomic E-state index is 0.832. The Bertz CT molecular complexity index is 2640. The average molecular weight is 572 g/mol. The van der Waals surface area contributed by atoms with E-state index in [9.17, 15) is 0 Å². The van der Waals surface area contributed by atoms with Crippen molar-refractivity contribution >= 4 is 43.6 Å². The smallest absolute Gasteiger partial charge is 0.165 e. The summed E-state index contributed by atoms with van der Waals surface area (Å²) in [5.41, 5.74) is 13.5. The molecule has 0 spiro atoms. The highest BCUT2D eigenvalue weighted by Crippen LogP contribution is 2.51. The van der Waals surface area contributed by atoms with E-state index in [2.05, 4.69) is 132 Å². The summed E-state index contributed by atoms with van der Waals surface area (Å²) >= 11 is 0. The molecule has 45 heavy (non-hydrogen) atoms. The highest BCUT2D eigenvalue weighted by atomic mass is 15.1. The number of aromatic nitrogens is 3. The van der Waals surface area contributed by atoms with Gasteiger partial charge in [-0.05, 0) is 62.9 Å². The topological polar surface area (TPSA) is 30.7 Å². The number of rotatable bonds is 2. The molecule has 2 aromatic heterocycles. The van der Waals surface area contributed by atoms with Gasteiger partial charge >= 0.3 is 0 Å². The number of benzene rings is 7. The lowest BCUT2D eigenvalue weighted by Crippen LogP contribution is -2.03. The third kappa shape index (κ3) is 3.41. The van der Waals surface area contributed by atoms with Gasteiger partial charge in [0.2, 0.25) is 0 Å². The molecule has 0 fully saturated rings. The first-order valence-electron chi connectivity index (χ1n) is 15.4. The number of hydrogen-bond acceptors (Lipinski definition) is 2. The summed E-state index contributed by atoms with van der Waals surface area (Å²) in [5.74, 6) is 0.832. The largest absolute Gasteiger partial charge is 0.292 e. The Hall–Kier alpha value is -6.06. The summed E-state index contributed by atoms with van der Waals surface area (Å²) in [7, 11) is 0. The zero-order valence-electron chi connectivity index (χ0n) is 24.3. The summed E-state index contributed by atoms with van der Waals surface area (Å²) in [4.78, 5) is 10.6. The van der Waals surface area contributed by atoms with Crippen molar-refractivity contribution in [1.82, 2.24) is 14.5 Å². The molecule has 0 radical (unpaired) electrons. The van der Waals surface area contributed by atoms with Crippen molar-refractivity contribution < 1.29 is 0 Å². The van der Waals surface area contributed by atoms with Gasteiger partial charge in [0, 0.05) is 21.9 Å². The van der Waals surface area contributed by atoms with Gasteiger partial charge in [-0.1, -0.05) is 127 Å². The first kappa shape index (κ1) is 24.4. The van der Waals surface area contributed by atoms with Gasteiger partial charge in [0.1, 0.15) is 5.69 Å². The third-order valence-electron chi connectivity index (χ3n) is 9.33. The molecule has 0 atom stereocenters. The number of nitrogens with zero attached hydrogens (tertiary/aromatic N) is 3.